The second-order valence-corrected chi connectivity index (χ2v) is 14.6. The second-order valence-electron chi connectivity index (χ2n) is 9.87. The first-order valence-electron chi connectivity index (χ1n) is 9.67. The Morgan fingerprint density at radius 3 is 2.29 bits per heavy atom. The van der Waals surface area contributed by atoms with Crippen molar-refractivity contribution in [3.63, 3.8) is 0 Å². The van der Waals surface area contributed by atoms with Crippen LogP contribution in [0.15, 0.2) is 0 Å². The highest BCUT2D eigenvalue weighted by Gasteiger charge is 2.57. The molecule has 1 saturated carbocycles. The standard InChI is InChI=1S/C19H36O4Si/c1-18(2,3)24(6,7)23-15-14(12-13-10-8-9-11-13)20-17-16(15)21-19(4,5)22-17/h13-17H,8-12H2,1-7H3/t14-,15+,16-,17-/m1/s1. The Morgan fingerprint density at radius 2 is 1.71 bits per heavy atom. The predicted molar refractivity (Wildman–Crippen MR) is 97.3 cm³/mol. The van der Waals surface area contributed by atoms with E-state index in [1.54, 1.807) is 0 Å². The summed E-state index contributed by atoms with van der Waals surface area (Å²) >= 11 is 0. The Morgan fingerprint density at radius 1 is 1.08 bits per heavy atom. The third-order valence-corrected chi connectivity index (χ3v) is 10.8. The van der Waals surface area contributed by atoms with Crippen LogP contribution in [0.4, 0.5) is 0 Å². The Labute approximate surface area is 148 Å². The third-order valence-electron chi connectivity index (χ3n) is 6.36. The lowest BCUT2D eigenvalue weighted by Crippen LogP contribution is -2.50. The first-order chi connectivity index (χ1) is 11.0. The van der Waals surface area contributed by atoms with E-state index < -0.39 is 14.1 Å². The molecule has 3 rings (SSSR count). The van der Waals surface area contributed by atoms with Crippen LogP contribution in [0.2, 0.25) is 18.1 Å². The fourth-order valence-electron chi connectivity index (χ4n) is 3.97. The maximum atomic E-state index is 6.80. The number of ether oxygens (including phenoxy) is 3. The van der Waals surface area contributed by atoms with Crippen molar-refractivity contribution in [1.29, 1.82) is 0 Å². The summed E-state index contributed by atoms with van der Waals surface area (Å²) in [5.74, 6) is 0.190. The van der Waals surface area contributed by atoms with Crippen LogP contribution in [0.25, 0.3) is 0 Å². The van der Waals surface area contributed by atoms with Gasteiger partial charge in [0.1, 0.15) is 12.2 Å². The monoisotopic (exact) mass is 356 g/mol. The number of rotatable bonds is 4. The van der Waals surface area contributed by atoms with Crippen molar-refractivity contribution >= 4 is 8.32 Å². The molecular formula is C19H36O4Si. The van der Waals surface area contributed by atoms with Crippen molar-refractivity contribution in [3.8, 4) is 0 Å². The van der Waals surface area contributed by atoms with Crippen LogP contribution in [0.3, 0.4) is 0 Å². The van der Waals surface area contributed by atoms with E-state index in [2.05, 4.69) is 33.9 Å². The highest BCUT2D eigenvalue weighted by Crippen LogP contribution is 2.45. The zero-order valence-corrected chi connectivity index (χ0v) is 17.6. The zero-order valence-electron chi connectivity index (χ0n) is 16.6. The molecule has 4 atom stereocenters. The molecule has 0 aromatic rings. The summed E-state index contributed by atoms with van der Waals surface area (Å²) in [6, 6.07) is 0. The number of fused-ring (bicyclic) bond motifs is 1. The molecule has 24 heavy (non-hydrogen) atoms. The molecule has 0 bridgehead atoms. The number of hydrogen-bond donors (Lipinski definition) is 0. The Hall–Kier alpha value is 0.0569. The smallest absolute Gasteiger partial charge is 0.192 e. The minimum Gasteiger partial charge on any atom is -0.408 e. The highest BCUT2D eigenvalue weighted by molar-refractivity contribution is 6.74. The van der Waals surface area contributed by atoms with Gasteiger partial charge in [-0.2, -0.15) is 0 Å². The average molecular weight is 357 g/mol. The van der Waals surface area contributed by atoms with E-state index in [1.807, 2.05) is 13.8 Å². The first-order valence-corrected chi connectivity index (χ1v) is 12.6. The Balaban J connectivity index is 1.76. The van der Waals surface area contributed by atoms with E-state index in [9.17, 15) is 0 Å². The van der Waals surface area contributed by atoms with Crippen LogP contribution in [-0.2, 0) is 18.6 Å². The quantitative estimate of drug-likeness (QED) is 0.676. The second kappa shape index (κ2) is 6.34. The van der Waals surface area contributed by atoms with Crippen LogP contribution in [0.1, 0.15) is 66.7 Å². The van der Waals surface area contributed by atoms with E-state index in [0.717, 1.165) is 12.3 Å². The van der Waals surface area contributed by atoms with Gasteiger partial charge in [-0.05, 0) is 44.3 Å². The van der Waals surface area contributed by atoms with Crippen LogP contribution >= 0.6 is 0 Å². The molecule has 2 saturated heterocycles. The summed E-state index contributed by atoms with van der Waals surface area (Å²) in [4.78, 5) is 0. The molecule has 2 heterocycles. The van der Waals surface area contributed by atoms with Gasteiger partial charge in [-0.15, -0.1) is 0 Å². The summed E-state index contributed by atoms with van der Waals surface area (Å²) in [7, 11) is -1.89. The lowest BCUT2D eigenvalue weighted by Gasteiger charge is -2.40. The van der Waals surface area contributed by atoms with E-state index in [4.69, 9.17) is 18.6 Å². The molecule has 0 amide bonds. The van der Waals surface area contributed by atoms with Gasteiger partial charge in [0.2, 0.25) is 0 Å². The van der Waals surface area contributed by atoms with Gasteiger partial charge in [0.25, 0.3) is 0 Å². The lowest BCUT2D eigenvalue weighted by atomic mass is 9.96. The SMILES string of the molecule is CC1(C)O[C@H]2O[C@H](CC3CCCC3)[C@H](O[Si](C)(C)C(C)(C)C)[C@H]2O1. The molecule has 1 aliphatic carbocycles. The van der Waals surface area contributed by atoms with Gasteiger partial charge in [0.15, 0.2) is 20.4 Å². The molecule has 3 fully saturated rings. The molecule has 5 heteroatoms. The van der Waals surface area contributed by atoms with E-state index in [1.165, 1.54) is 25.7 Å². The summed E-state index contributed by atoms with van der Waals surface area (Å²) < 4.78 is 25.3. The molecule has 0 N–H and O–H groups in total. The molecule has 0 aromatic heterocycles. The fourth-order valence-corrected chi connectivity index (χ4v) is 5.29. The van der Waals surface area contributed by atoms with Gasteiger partial charge < -0.3 is 18.6 Å². The van der Waals surface area contributed by atoms with Crippen molar-refractivity contribution in [2.24, 2.45) is 5.92 Å². The predicted octanol–water partition coefficient (Wildman–Crippen LogP) is 4.83. The molecule has 4 nitrogen and oxygen atoms in total. The van der Waals surface area contributed by atoms with Crippen LogP contribution in [-0.4, -0.2) is 38.7 Å². The summed E-state index contributed by atoms with van der Waals surface area (Å²) in [5.41, 5.74) is 0. The minimum absolute atomic E-state index is 0.00160. The molecule has 3 aliphatic rings. The zero-order chi connectivity index (χ0) is 17.8. The van der Waals surface area contributed by atoms with Crippen LogP contribution in [0, 0.1) is 5.92 Å². The first kappa shape index (κ1) is 18.8. The third kappa shape index (κ3) is 3.75. The Bertz CT molecular complexity index is 451. The molecule has 0 unspecified atom stereocenters. The van der Waals surface area contributed by atoms with Gasteiger partial charge in [0, 0.05) is 0 Å². The lowest BCUT2D eigenvalue weighted by molar-refractivity contribution is -0.215. The van der Waals surface area contributed by atoms with E-state index in [-0.39, 0.29) is 29.6 Å². The van der Waals surface area contributed by atoms with E-state index >= 15 is 0 Å². The van der Waals surface area contributed by atoms with Gasteiger partial charge >= 0.3 is 0 Å². The van der Waals surface area contributed by atoms with Gasteiger partial charge in [-0.25, -0.2) is 0 Å². The van der Waals surface area contributed by atoms with Crippen molar-refractivity contribution in [1.82, 2.24) is 0 Å². The van der Waals surface area contributed by atoms with Crippen LogP contribution < -0.4 is 0 Å². The average Bonchev–Trinajstić information content (AvgIpc) is 3.07. The van der Waals surface area contributed by atoms with Gasteiger partial charge in [0.05, 0.1) is 6.10 Å². The highest BCUT2D eigenvalue weighted by atomic mass is 28.4. The topological polar surface area (TPSA) is 36.9 Å². The van der Waals surface area contributed by atoms with Gasteiger partial charge in [-0.3, -0.25) is 0 Å². The maximum Gasteiger partial charge on any atom is 0.192 e. The molecule has 0 radical (unpaired) electrons. The normalized spacial score (nSPS) is 37.1. The fraction of sp³-hybridized carbons (Fsp3) is 1.00. The maximum absolute atomic E-state index is 6.80. The molecule has 0 spiro atoms. The molecule has 0 aromatic carbocycles. The van der Waals surface area contributed by atoms with Crippen LogP contribution in [0.5, 0.6) is 0 Å². The van der Waals surface area contributed by atoms with Crippen molar-refractivity contribution in [3.05, 3.63) is 0 Å². The summed E-state index contributed by atoms with van der Waals surface area (Å²) in [6.45, 7) is 15.4. The summed E-state index contributed by atoms with van der Waals surface area (Å²) in [6.07, 6.45) is 6.19. The molecular weight excluding hydrogens is 320 g/mol. The van der Waals surface area contributed by atoms with Crippen molar-refractivity contribution in [2.45, 2.75) is 115 Å². The largest absolute Gasteiger partial charge is 0.408 e. The molecule has 2 aliphatic heterocycles. The van der Waals surface area contributed by atoms with Crippen molar-refractivity contribution < 1.29 is 18.6 Å². The van der Waals surface area contributed by atoms with Gasteiger partial charge in [-0.1, -0.05) is 46.5 Å². The summed E-state index contributed by atoms with van der Waals surface area (Å²) in [5, 5.41) is 0.179. The van der Waals surface area contributed by atoms with E-state index in [0.29, 0.717) is 0 Å². The minimum atomic E-state index is -1.89. The Kier molecular flexibility index (Phi) is 4.98. The molecule has 140 valence electrons. The number of hydrogen-bond acceptors (Lipinski definition) is 4. The van der Waals surface area contributed by atoms with Crippen molar-refractivity contribution in [2.75, 3.05) is 0 Å².